The van der Waals surface area contributed by atoms with Crippen LogP contribution >= 0.6 is 0 Å². The van der Waals surface area contributed by atoms with Crippen LogP contribution in [0.1, 0.15) is 28.3 Å². The minimum Gasteiger partial charge on any atom is -0.465 e. The number of aryl methyl sites for hydroxylation is 1. The summed E-state index contributed by atoms with van der Waals surface area (Å²) < 4.78 is 10.4. The number of hydrogen-bond donors (Lipinski definition) is 1. The fraction of sp³-hybridized carbons (Fsp3) is 0.250. The summed E-state index contributed by atoms with van der Waals surface area (Å²) in [5.74, 6) is 0.712. The van der Waals surface area contributed by atoms with Gasteiger partial charge in [-0.25, -0.2) is 4.79 Å². The third-order valence-corrected chi connectivity index (χ3v) is 4.81. The van der Waals surface area contributed by atoms with Crippen LogP contribution in [0.5, 0.6) is 0 Å². The number of hydrogen-bond acceptors (Lipinski definition) is 5. The van der Waals surface area contributed by atoms with E-state index in [2.05, 4.69) is 5.32 Å². The first-order valence-corrected chi connectivity index (χ1v) is 9.78. The van der Waals surface area contributed by atoms with Crippen LogP contribution in [0.2, 0.25) is 0 Å². The maximum atomic E-state index is 12.5. The Morgan fingerprint density at radius 3 is 2.50 bits per heavy atom. The smallest absolute Gasteiger partial charge is 0.341 e. The van der Waals surface area contributed by atoms with Crippen molar-refractivity contribution in [1.82, 2.24) is 4.90 Å². The van der Waals surface area contributed by atoms with E-state index in [1.165, 1.54) is 7.11 Å². The van der Waals surface area contributed by atoms with Crippen LogP contribution in [0.25, 0.3) is 11.1 Å². The maximum Gasteiger partial charge on any atom is 0.341 e. The van der Waals surface area contributed by atoms with Gasteiger partial charge in [-0.05, 0) is 31.7 Å². The zero-order valence-electron chi connectivity index (χ0n) is 17.5. The van der Waals surface area contributed by atoms with Gasteiger partial charge in [0.2, 0.25) is 5.91 Å². The second-order valence-corrected chi connectivity index (χ2v) is 7.12. The van der Waals surface area contributed by atoms with E-state index >= 15 is 0 Å². The summed E-state index contributed by atoms with van der Waals surface area (Å²) in [4.78, 5) is 26.2. The lowest BCUT2D eigenvalue weighted by Crippen LogP contribution is -2.24. The van der Waals surface area contributed by atoms with Crippen LogP contribution in [0.15, 0.2) is 65.1 Å². The van der Waals surface area contributed by atoms with E-state index in [4.69, 9.17) is 9.15 Å². The van der Waals surface area contributed by atoms with Gasteiger partial charge in [0.15, 0.2) is 0 Å². The Bertz CT molecular complexity index is 1010. The van der Waals surface area contributed by atoms with E-state index in [9.17, 15) is 9.59 Å². The van der Waals surface area contributed by atoms with Gasteiger partial charge in [0.05, 0.1) is 13.7 Å². The fourth-order valence-electron chi connectivity index (χ4n) is 3.25. The van der Waals surface area contributed by atoms with Crippen molar-refractivity contribution in [3.63, 3.8) is 0 Å². The lowest BCUT2D eigenvalue weighted by atomic mass is 10.0. The van der Waals surface area contributed by atoms with Crippen LogP contribution in [0.3, 0.4) is 0 Å². The molecule has 3 aromatic rings. The quantitative estimate of drug-likeness (QED) is 0.558. The van der Waals surface area contributed by atoms with Crippen LogP contribution in [-0.2, 0) is 16.1 Å². The summed E-state index contributed by atoms with van der Waals surface area (Å²) in [6.07, 6.45) is 0.336. The number of furan rings is 1. The molecule has 156 valence electrons. The molecule has 0 saturated heterocycles. The molecule has 0 bridgehead atoms. The summed E-state index contributed by atoms with van der Waals surface area (Å²) in [5, 5.41) is 3.01. The summed E-state index contributed by atoms with van der Waals surface area (Å²) >= 11 is 0. The molecule has 30 heavy (non-hydrogen) atoms. The first-order valence-electron chi connectivity index (χ1n) is 9.78. The van der Waals surface area contributed by atoms with Crippen molar-refractivity contribution < 1.29 is 18.7 Å². The largest absolute Gasteiger partial charge is 0.465 e. The molecule has 1 amide bonds. The number of esters is 1. The third kappa shape index (κ3) is 5.36. The van der Waals surface area contributed by atoms with Crippen molar-refractivity contribution in [3.05, 3.63) is 77.7 Å². The van der Waals surface area contributed by atoms with Gasteiger partial charge in [-0.15, -0.1) is 0 Å². The summed E-state index contributed by atoms with van der Waals surface area (Å²) in [7, 11) is 3.25. The first-order chi connectivity index (χ1) is 14.5. The highest BCUT2D eigenvalue weighted by molar-refractivity contribution is 5.95. The Hall–Kier alpha value is -3.38. The zero-order chi connectivity index (χ0) is 21.5. The molecule has 0 unspecified atom stereocenters. The van der Waals surface area contributed by atoms with Crippen molar-refractivity contribution in [1.29, 1.82) is 0 Å². The Morgan fingerprint density at radius 2 is 1.77 bits per heavy atom. The topological polar surface area (TPSA) is 71.8 Å². The van der Waals surface area contributed by atoms with Crippen LogP contribution in [0, 0.1) is 6.92 Å². The summed E-state index contributed by atoms with van der Waals surface area (Å²) in [5.41, 5.74) is 3.26. The van der Waals surface area contributed by atoms with E-state index in [0.717, 1.165) is 16.8 Å². The predicted molar refractivity (Wildman–Crippen MR) is 116 cm³/mol. The number of nitrogens with one attached hydrogen (secondary N) is 1. The molecule has 2 aromatic carbocycles. The number of methoxy groups -OCH3 is 1. The van der Waals surface area contributed by atoms with Gasteiger partial charge in [-0.1, -0.05) is 48.5 Å². The standard InChI is InChI=1S/C24H26N2O4/c1-17-21(24(28)29-3)15-19(30-17)16-26(2)14-13-23(27)25-22-12-8-7-11-20(22)18-9-5-4-6-10-18/h4-12,15H,13-14,16H2,1-3H3,(H,25,27). The lowest BCUT2D eigenvalue weighted by molar-refractivity contribution is -0.116. The molecule has 6 nitrogen and oxygen atoms in total. The molecule has 0 aliphatic rings. The van der Waals surface area contributed by atoms with Crippen molar-refractivity contribution in [2.45, 2.75) is 19.9 Å². The molecule has 6 heteroatoms. The van der Waals surface area contributed by atoms with Crippen molar-refractivity contribution in [2.24, 2.45) is 0 Å². The van der Waals surface area contributed by atoms with Gasteiger partial charge in [-0.3, -0.25) is 9.69 Å². The molecule has 1 aromatic heterocycles. The van der Waals surface area contributed by atoms with Gasteiger partial charge in [0, 0.05) is 24.2 Å². The minimum absolute atomic E-state index is 0.0592. The third-order valence-electron chi connectivity index (χ3n) is 4.81. The molecule has 0 saturated carbocycles. The monoisotopic (exact) mass is 406 g/mol. The van der Waals surface area contributed by atoms with Gasteiger partial charge in [-0.2, -0.15) is 0 Å². The Kier molecular flexibility index (Phi) is 7.03. The van der Waals surface area contributed by atoms with E-state index in [1.54, 1.807) is 13.0 Å². The number of rotatable bonds is 8. The van der Waals surface area contributed by atoms with Gasteiger partial charge in [0.1, 0.15) is 17.1 Å². The average molecular weight is 406 g/mol. The number of nitrogens with zero attached hydrogens (tertiary/aromatic N) is 1. The fourth-order valence-corrected chi connectivity index (χ4v) is 3.25. The highest BCUT2D eigenvalue weighted by Gasteiger charge is 2.16. The van der Waals surface area contributed by atoms with Crippen molar-refractivity contribution in [2.75, 3.05) is 26.0 Å². The Morgan fingerprint density at radius 1 is 1.07 bits per heavy atom. The summed E-state index contributed by atoms with van der Waals surface area (Å²) in [6, 6.07) is 19.4. The first kappa shape index (κ1) is 21.3. The number of amides is 1. The van der Waals surface area contributed by atoms with E-state index in [-0.39, 0.29) is 5.91 Å². The molecule has 0 spiro atoms. The highest BCUT2D eigenvalue weighted by atomic mass is 16.5. The molecule has 0 atom stereocenters. The SMILES string of the molecule is COC(=O)c1cc(CN(C)CCC(=O)Nc2ccccc2-c2ccccc2)oc1C. The summed E-state index contributed by atoms with van der Waals surface area (Å²) in [6.45, 7) is 2.77. The molecular formula is C24H26N2O4. The lowest BCUT2D eigenvalue weighted by Gasteiger charge is -2.16. The second kappa shape index (κ2) is 9.89. The Balaban J connectivity index is 1.56. The molecule has 0 radical (unpaired) electrons. The molecule has 3 rings (SSSR count). The number of para-hydroxylation sites is 1. The normalized spacial score (nSPS) is 10.8. The van der Waals surface area contributed by atoms with Crippen molar-refractivity contribution in [3.8, 4) is 11.1 Å². The van der Waals surface area contributed by atoms with Crippen LogP contribution < -0.4 is 5.32 Å². The number of carbonyl (C=O) groups is 2. The molecule has 1 N–H and O–H groups in total. The van der Waals surface area contributed by atoms with Gasteiger partial charge in [0.25, 0.3) is 0 Å². The predicted octanol–water partition coefficient (Wildman–Crippen LogP) is 4.50. The number of ether oxygens (including phenoxy) is 1. The maximum absolute atomic E-state index is 12.5. The second-order valence-electron chi connectivity index (χ2n) is 7.12. The molecule has 0 aliphatic heterocycles. The van der Waals surface area contributed by atoms with Crippen LogP contribution in [-0.4, -0.2) is 37.5 Å². The highest BCUT2D eigenvalue weighted by Crippen LogP contribution is 2.27. The molecule has 1 heterocycles. The van der Waals surface area contributed by atoms with E-state index in [1.807, 2.05) is 66.5 Å². The number of benzene rings is 2. The van der Waals surface area contributed by atoms with Crippen molar-refractivity contribution >= 4 is 17.6 Å². The van der Waals surface area contributed by atoms with Crippen LogP contribution in [0.4, 0.5) is 5.69 Å². The molecule has 0 fully saturated rings. The van der Waals surface area contributed by atoms with Gasteiger partial charge < -0.3 is 14.5 Å². The molecule has 0 aliphatic carbocycles. The minimum atomic E-state index is -0.415. The number of anilines is 1. The van der Waals surface area contributed by atoms with E-state index < -0.39 is 5.97 Å². The Labute approximate surface area is 176 Å². The average Bonchev–Trinajstić information content (AvgIpc) is 3.12. The number of carbonyl (C=O) groups excluding carboxylic acids is 2. The van der Waals surface area contributed by atoms with E-state index in [0.29, 0.717) is 36.6 Å². The zero-order valence-corrected chi connectivity index (χ0v) is 17.5. The van der Waals surface area contributed by atoms with Gasteiger partial charge >= 0.3 is 5.97 Å². The molecular weight excluding hydrogens is 380 g/mol.